The second-order valence-corrected chi connectivity index (χ2v) is 4.69. The molecular formula is C14H21NO2. The molecule has 3 heteroatoms. The van der Waals surface area contributed by atoms with Gasteiger partial charge in [0.15, 0.2) is 0 Å². The second-order valence-electron chi connectivity index (χ2n) is 4.69. The number of rotatable bonds is 6. The molecule has 3 nitrogen and oxygen atoms in total. The van der Waals surface area contributed by atoms with Crippen molar-refractivity contribution in [1.82, 2.24) is 4.90 Å². The van der Waals surface area contributed by atoms with Crippen LogP contribution in [0.4, 0.5) is 0 Å². The van der Waals surface area contributed by atoms with E-state index in [9.17, 15) is 5.11 Å². The van der Waals surface area contributed by atoms with Gasteiger partial charge in [0, 0.05) is 12.6 Å². The molecule has 0 spiro atoms. The van der Waals surface area contributed by atoms with Crippen LogP contribution < -0.4 is 4.74 Å². The molecule has 1 fully saturated rings. The molecule has 94 valence electrons. The van der Waals surface area contributed by atoms with Crippen molar-refractivity contribution in [3.8, 4) is 5.75 Å². The normalized spacial score (nSPS) is 17.2. The Morgan fingerprint density at radius 1 is 1.35 bits per heavy atom. The fourth-order valence-corrected chi connectivity index (χ4v) is 2.00. The Morgan fingerprint density at radius 3 is 2.53 bits per heavy atom. The summed E-state index contributed by atoms with van der Waals surface area (Å²) < 4.78 is 5.38. The number of likely N-dealkylation sites (N-methyl/N-ethyl adjacent to an activating group) is 1. The third kappa shape index (κ3) is 3.45. The molecule has 0 saturated heterocycles. The molecule has 1 aromatic rings. The highest BCUT2D eigenvalue weighted by molar-refractivity contribution is 5.28. The van der Waals surface area contributed by atoms with Crippen molar-refractivity contribution in [1.29, 1.82) is 0 Å². The van der Waals surface area contributed by atoms with Gasteiger partial charge >= 0.3 is 0 Å². The molecule has 1 N–H and O–H groups in total. The quantitative estimate of drug-likeness (QED) is 0.820. The zero-order valence-electron chi connectivity index (χ0n) is 10.6. The minimum atomic E-state index is -0.406. The first-order valence-electron chi connectivity index (χ1n) is 6.31. The highest BCUT2D eigenvalue weighted by Gasteiger charge is 2.27. The van der Waals surface area contributed by atoms with Gasteiger partial charge in [-0.1, -0.05) is 12.1 Å². The first-order valence-corrected chi connectivity index (χ1v) is 6.31. The largest absolute Gasteiger partial charge is 0.494 e. The summed E-state index contributed by atoms with van der Waals surface area (Å²) in [6.07, 6.45) is 2.13. The van der Waals surface area contributed by atoms with Crippen LogP contribution in [-0.4, -0.2) is 36.2 Å². The molecule has 1 aliphatic rings. The van der Waals surface area contributed by atoms with Crippen LogP contribution in [-0.2, 0) is 0 Å². The first kappa shape index (κ1) is 12.4. The Balaban J connectivity index is 1.91. The maximum atomic E-state index is 10.1. The molecule has 1 unspecified atom stereocenters. The molecule has 0 radical (unpaired) electrons. The van der Waals surface area contributed by atoms with Crippen LogP contribution in [0.5, 0.6) is 5.75 Å². The lowest BCUT2D eigenvalue weighted by atomic mass is 10.1. The summed E-state index contributed by atoms with van der Waals surface area (Å²) >= 11 is 0. The average Bonchev–Trinajstić information content (AvgIpc) is 3.14. The van der Waals surface area contributed by atoms with E-state index in [0.29, 0.717) is 19.2 Å². The van der Waals surface area contributed by atoms with E-state index in [0.717, 1.165) is 11.3 Å². The van der Waals surface area contributed by atoms with Crippen LogP contribution in [0.3, 0.4) is 0 Å². The third-order valence-electron chi connectivity index (χ3n) is 3.21. The van der Waals surface area contributed by atoms with Crippen molar-refractivity contribution in [2.45, 2.75) is 31.9 Å². The fourth-order valence-electron chi connectivity index (χ4n) is 2.00. The van der Waals surface area contributed by atoms with Gasteiger partial charge in [0.1, 0.15) is 5.75 Å². The number of ether oxygens (including phenoxy) is 1. The Labute approximate surface area is 103 Å². The van der Waals surface area contributed by atoms with Crippen LogP contribution in [0.1, 0.15) is 31.4 Å². The van der Waals surface area contributed by atoms with Gasteiger partial charge in [0.2, 0.25) is 0 Å². The van der Waals surface area contributed by atoms with E-state index >= 15 is 0 Å². The summed E-state index contributed by atoms with van der Waals surface area (Å²) in [5.41, 5.74) is 0.959. The molecule has 1 aromatic carbocycles. The second kappa shape index (κ2) is 5.52. The van der Waals surface area contributed by atoms with E-state index in [2.05, 4.69) is 11.9 Å². The first-order chi connectivity index (χ1) is 8.20. The zero-order chi connectivity index (χ0) is 12.3. The lowest BCUT2D eigenvalue weighted by molar-refractivity contribution is 0.123. The highest BCUT2D eigenvalue weighted by Crippen LogP contribution is 2.27. The number of aliphatic hydroxyl groups is 1. The van der Waals surface area contributed by atoms with Gasteiger partial charge in [-0.05, 0) is 44.5 Å². The summed E-state index contributed by atoms with van der Waals surface area (Å²) in [5.74, 6) is 0.860. The van der Waals surface area contributed by atoms with Crippen LogP contribution >= 0.6 is 0 Å². The van der Waals surface area contributed by atoms with Gasteiger partial charge in [-0.2, -0.15) is 0 Å². The van der Waals surface area contributed by atoms with Crippen LogP contribution in [0.2, 0.25) is 0 Å². The number of nitrogens with zero attached hydrogens (tertiary/aromatic N) is 1. The van der Waals surface area contributed by atoms with E-state index < -0.39 is 6.10 Å². The van der Waals surface area contributed by atoms with Crippen LogP contribution in [0.15, 0.2) is 24.3 Å². The maximum Gasteiger partial charge on any atom is 0.119 e. The average molecular weight is 235 g/mol. The van der Waals surface area contributed by atoms with Crippen molar-refractivity contribution in [2.24, 2.45) is 0 Å². The van der Waals surface area contributed by atoms with E-state index in [1.54, 1.807) is 0 Å². The fraction of sp³-hybridized carbons (Fsp3) is 0.571. The summed E-state index contributed by atoms with van der Waals surface area (Å²) in [6, 6.07) is 8.40. The van der Waals surface area contributed by atoms with Crippen LogP contribution in [0, 0.1) is 0 Å². The Morgan fingerprint density at radius 2 is 2.00 bits per heavy atom. The predicted molar refractivity (Wildman–Crippen MR) is 68.2 cm³/mol. The molecule has 2 rings (SSSR count). The van der Waals surface area contributed by atoms with Crippen molar-refractivity contribution in [2.75, 3.05) is 20.2 Å². The number of hydrogen-bond acceptors (Lipinski definition) is 3. The summed E-state index contributed by atoms with van der Waals surface area (Å²) in [6.45, 7) is 3.35. The molecule has 17 heavy (non-hydrogen) atoms. The van der Waals surface area contributed by atoms with Gasteiger partial charge in [-0.15, -0.1) is 0 Å². The topological polar surface area (TPSA) is 32.7 Å². The highest BCUT2D eigenvalue weighted by atomic mass is 16.5. The molecule has 1 saturated carbocycles. The summed E-state index contributed by atoms with van der Waals surface area (Å²) in [7, 11) is 2.08. The van der Waals surface area contributed by atoms with E-state index in [1.165, 1.54) is 12.8 Å². The van der Waals surface area contributed by atoms with Crippen molar-refractivity contribution >= 4 is 0 Å². The van der Waals surface area contributed by atoms with Gasteiger partial charge < -0.3 is 14.7 Å². The lowest BCUT2D eigenvalue weighted by Crippen LogP contribution is -2.26. The lowest BCUT2D eigenvalue weighted by Gasteiger charge is -2.20. The predicted octanol–water partition coefficient (Wildman–Crippen LogP) is 2.21. The minimum absolute atomic E-state index is 0.406. The number of aliphatic hydroxyl groups excluding tert-OH is 1. The zero-order valence-corrected chi connectivity index (χ0v) is 10.6. The molecule has 0 heterocycles. The summed E-state index contributed by atoms with van der Waals surface area (Å²) in [4.78, 5) is 2.24. The SMILES string of the molecule is CCOc1ccc(C(O)CN(C)C2CC2)cc1. The third-order valence-corrected chi connectivity index (χ3v) is 3.21. The van der Waals surface area contributed by atoms with Crippen molar-refractivity contribution in [3.63, 3.8) is 0 Å². The molecule has 0 aromatic heterocycles. The van der Waals surface area contributed by atoms with E-state index in [-0.39, 0.29) is 0 Å². The van der Waals surface area contributed by atoms with Gasteiger partial charge in [0.05, 0.1) is 12.7 Å². The van der Waals surface area contributed by atoms with E-state index in [4.69, 9.17) is 4.74 Å². The minimum Gasteiger partial charge on any atom is -0.494 e. The van der Waals surface area contributed by atoms with Crippen molar-refractivity contribution < 1.29 is 9.84 Å². The number of hydrogen-bond donors (Lipinski definition) is 1. The molecule has 1 aliphatic carbocycles. The van der Waals surface area contributed by atoms with Crippen molar-refractivity contribution in [3.05, 3.63) is 29.8 Å². The van der Waals surface area contributed by atoms with Gasteiger partial charge in [0.25, 0.3) is 0 Å². The Bertz CT molecular complexity index is 346. The van der Waals surface area contributed by atoms with E-state index in [1.807, 2.05) is 31.2 Å². The summed E-state index contributed by atoms with van der Waals surface area (Å²) in [5, 5.41) is 10.1. The molecular weight excluding hydrogens is 214 g/mol. The van der Waals surface area contributed by atoms with Crippen LogP contribution in [0.25, 0.3) is 0 Å². The van der Waals surface area contributed by atoms with Gasteiger partial charge in [-0.3, -0.25) is 0 Å². The smallest absolute Gasteiger partial charge is 0.119 e. The molecule has 0 bridgehead atoms. The number of benzene rings is 1. The standard InChI is InChI=1S/C14H21NO2/c1-3-17-13-8-4-11(5-9-13)14(16)10-15(2)12-6-7-12/h4-5,8-9,12,14,16H,3,6-7,10H2,1-2H3. The molecule has 0 aliphatic heterocycles. The molecule has 1 atom stereocenters. The Hall–Kier alpha value is -1.06. The maximum absolute atomic E-state index is 10.1. The Kier molecular flexibility index (Phi) is 4.02. The monoisotopic (exact) mass is 235 g/mol. The van der Waals surface area contributed by atoms with Gasteiger partial charge in [-0.25, -0.2) is 0 Å². The molecule has 0 amide bonds.